The number of hydrogen-bond donors (Lipinski definition) is 1. The summed E-state index contributed by atoms with van der Waals surface area (Å²) in [6, 6.07) is 0.659. The van der Waals surface area contributed by atoms with Crippen LogP contribution in [0.3, 0.4) is 0 Å². The molecule has 2 atom stereocenters. The summed E-state index contributed by atoms with van der Waals surface area (Å²) in [5.74, 6) is 0. The summed E-state index contributed by atoms with van der Waals surface area (Å²) in [7, 11) is 0. The Kier molecular flexibility index (Phi) is 1.35. The van der Waals surface area contributed by atoms with E-state index in [1.807, 2.05) is 0 Å². The maximum atomic E-state index is 8.90. The second-order valence-corrected chi connectivity index (χ2v) is 4.29. The van der Waals surface area contributed by atoms with E-state index in [1.165, 1.54) is 32.5 Å². The minimum atomic E-state index is 0.352. The molecule has 3 heteroatoms. The SMILES string of the molecule is OCCC1CN2CCC23CCN13. The van der Waals surface area contributed by atoms with Crippen LogP contribution in [0.25, 0.3) is 0 Å². The molecule has 0 aromatic carbocycles. The molecule has 0 bridgehead atoms. The standard InChI is InChI=1S/C9H16N2O/c12-6-1-8-7-10-4-2-9(10)3-5-11(8)9/h8,12H,1-7H2. The molecule has 0 radical (unpaired) electrons. The van der Waals surface area contributed by atoms with E-state index in [2.05, 4.69) is 9.80 Å². The summed E-state index contributed by atoms with van der Waals surface area (Å²) in [6.07, 6.45) is 3.71. The molecule has 0 amide bonds. The Morgan fingerprint density at radius 2 is 2.17 bits per heavy atom. The van der Waals surface area contributed by atoms with Gasteiger partial charge < -0.3 is 5.11 Å². The van der Waals surface area contributed by atoms with Gasteiger partial charge in [-0.25, -0.2) is 0 Å². The molecule has 3 fully saturated rings. The molecule has 68 valence electrons. The number of nitrogens with zero attached hydrogens (tertiary/aromatic N) is 2. The maximum absolute atomic E-state index is 8.90. The van der Waals surface area contributed by atoms with Crippen molar-refractivity contribution in [3.8, 4) is 0 Å². The minimum Gasteiger partial charge on any atom is -0.396 e. The highest BCUT2D eigenvalue weighted by Gasteiger charge is 2.61. The van der Waals surface area contributed by atoms with Crippen LogP contribution in [0.5, 0.6) is 0 Å². The third-order valence-corrected chi connectivity index (χ3v) is 3.99. The molecule has 2 unspecified atom stereocenters. The van der Waals surface area contributed by atoms with Gasteiger partial charge in [0.25, 0.3) is 0 Å². The van der Waals surface area contributed by atoms with Crippen LogP contribution >= 0.6 is 0 Å². The zero-order valence-electron chi connectivity index (χ0n) is 7.37. The second-order valence-electron chi connectivity index (χ2n) is 4.29. The van der Waals surface area contributed by atoms with Gasteiger partial charge in [0.15, 0.2) is 0 Å². The summed E-state index contributed by atoms with van der Waals surface area (Å²) in [5.41, 5.74) is 0.500. The molecule has 3 nitrogen and oxygen atoms in total. The molecule has 0 aliphatic carbocycles. The molecule has 3 saturated heterocycles. The summed E-state index contributed by atoms with van der Waals surface area (Å²) in [4.78, 5) is 5.20. The number of aliphatic hydroxyl groups excluding tert-OH is 1. The second kappa shape index (κ2) is 2.22. The lowest BCUT2D eigenvalue weighted by Crippen LogP contribution is -2.70. The van der Waals surface area contributed by atoms with Gasteiger partial charge in [-0.3, -0.25) is 9.80 Å². The number of rotatable bonds is 2. The Hall–Kier alpha value is -0.120. The summed E-state index contributed by atoms with van der Waals surface area (Å²) in [5, 5.41) is 8.90. The van der Waals surface area contributed by atoms with Crippen LogP contribution in [0.4, 0.5) is 0 Å². The summed E-state index contributed by atoms with van der Waals surface area (Å²) < 4.78 is 0. The van der Waals surface area contributed by atoms with E-state index in [4.69, 9.17) is 5.11 Å². The molecule has 1 N–H and O–H groups in total. The van der Waals surface area contributed by atoms with Crippen LogP contribution < -0.4 is 0 Å². The minimum absolute atomic E-state index is 0.352. The van der Waals surface area contributed by atoms with E-state index in [0.717, 1.165) is 6.42 Å². The van der Waals surface area contributed by atoms with E-state index < -0.39 is 0 Å². The molecule has 3 rings (SSSR count). The molecule has 3 heterocycles. The third-order valence-electron chi connectivity index (χ3n) is 3.99. The van der Waals surface area contributed by atoms with E-state index in [0.29, 0.717) is 18.3 Å². The van der Waals surface area contributed by atoms with Crippen molar-refractivity contribution in [3.05, 3.63) is 0 Å². The van der Waals surface area contributed by atoms with Crippen LogP contribution in [0, 0.1) is 0 Å². The van der Waals surface area contributed by atoms with Crippen molar-refractivity contribution in [2.45, 2.75) is 31.0 Å². The van der Waals surface area contributed by atoms with Gasteiger partial charge in [0, 0.05) is 32.3 Å². The Morgan fingerprint density at radius 1 is 1.33 bits per heavy atom. The van der Waals surface area contributed by atoms with Gasteiger partial charge in [-0.2, -0.15) is 0 Å². The fourth-order valence-electron chi connectivity index (χ4n) is 3.17. The van der Waals surface area contributed by atoms with Gasteiger partial charge in [-0.1, -0.05) is 0 Å². The van der Waals surface area contributed by atoms with Gasteiger partial charge in [-0.05, 0) is 19.3 Å². The highest BCUT2D eigenvalue weighted by Crippen LogP contribution is 2.50. The largest absolute Gasteiger partial charge is 0.396 e. The van der Waals surface area contributed by atoms with E-state index in [1.54, 1.807) is 0 Å². The Labute approximate surface area is 73.0 Å². The van der Waals surface area contributed by atoms with Gasteiger partial charge in [-0.15, -0.1) is 0 Å². The molecular formula is C9H16N2O. The van der Waals surface area contributed by atoms with Crippen LogP contribution in [-0.2, 0) is 0 Å². The average molecular weight is 168 g/mol. The van der Waals surface area contributed by atoms with Crippen molar-refractivity contribution in [1.29, 1.82) is 0 Å². The van der Waals surface area contributed by atoms with Crippen molar-refractivity contribution >= 4 is 0 Å². The van der Waals surface area contributed by atoms with Crippen molar-refractivity contribution in [2.75, 3.05) is 26.2 Å². The first-order valence-corrected chi connectivity index (χ1v) is 4.99. The predicted octanol–water partition coefficient (Wildman–Crippen LogP) is -0.141. The quantitative estimate of drug-likeness (QED) is 0.621. The Morgan fingerprint density at radius 3 is 2.58 bits per heavy atom. The lowest BCUT2D eigenvalue weighted by Gasteiger charge is -2.60. The lowest BCUT2D eigenvalue weighted by molar-refractivity contribution is -0.147. The monoisotopic (exact) mass is 168 g/mol. The zero-order chi connectivity index (χ0) is 8.18. The molecule has 3 aliphatic heterocycles. The topological polar surface area (TPSA) is 26.7 Å². The summed E-state index contributed by atoms with van der Waals surface area (Å²) in [6.45, 7) is 4.12. The number of hydrogen-bond acceptors (Lipinski definition) is 3. The van der Waals surface area contributed by atoms with Crippen molar-refractivity contribution in [1.82, 2.24) is 9.80 Å². The molecule has 0 saturated carbocycles. The van der Waals surface area contributed by atoms with Crippen molar-refractivity contribution < 1.29 is 5.11 Å². The zero-order valence-corrected chi connectivity index (χ0v) is 7.37. The molecule has 1 spiro atoms. The van der Waals surface area contributed by atoms with Crippen LogP contribution in [0.2, 0.25) is 0 Å². The fraction of sp³-hybridized carbons (Fsp3) is 1.00. The molecule has 0 aromatic rings. The first-order chi connectivity index (χ1) is 5.87. The number of aliphatic hydroxyl groups is 1. The normalized spacial score (nSPS) is 46.2. The molecular weight excluding hydrogens is 152 g/mol. The van der Waals surface area contributed by atoms with Crippen LogP contribution in [0.15, 0.2) is 0 Å². The average Bonchev–Trinajstić information content (AvgIpc) is 2.07. The van der Waals surface area contributed by atoms with Crippen molar-refractivity contribution in [2.24, 2.45) is 0 Å². The first-order valence-electron chi connectivity index (χ1n) is 4.99. The third kappa shape index (κ3) is 0.640. The first kappa shape index (κ1) is 7.30. The smallest absolute Gasteiger partial charge is 0.0765 e. The molecule has 12 heavy (non-hydrogen) atoms. The highest BCUT2D eigenvalue weighted by molar-refractivity contribution is 5.13. The van der Waals surface area contributed by atoms with Gasteiger partial charge in [0.1, 0.15) is 0 Å². The van der Waals surface area contributed by atoms with Crippen LogP contribution in [0.1, 0.15) is 19.3 Å². The van der Waals surface area contributed by atoms with Gasteiger partial charge >= 0.3 is 0 Å². The highest BCUT2D eigenvalue weighted by atomic mass is 16.3. The Bertz CT molecular complexity index is 205. The van der Waals surface area contributed by atoms with Crippen LogP contribution in [-0.4, -0.2) is 52.9 Å². The maximum Gasteiger partial charge on any atom is 0.0765 e. The van der Waals surface area contributed by atoms with E-state index in [9.17, 15) is 0 Å². The fourth-order valence-corrected chi connectivity index (χ4v) is 3.17. The van der Waals surface area contributed by atoms with Crippen molar-refractivity contribution in [3.63, 3.8) is 0 Å². The van der Waals surface area contributed by atoms with E-state index >= 15 is 0 Å². The van der Waals surface area contributed by atoms with E-state index in [-0.39, 0.29) is 0 Å². The summed E-state index contributed by atoms with van der Waals surface area (Å²) >= 11 is 0. The molecule has 0 aromatic heterocycles. The lowest BCUT2D eigenvalue weighted by atomic mass is 9.84. The molecule has 3 aliphatic rings. The van der Waals surface area contributed by atoms with Gasteiger partial charge in [0.05, 0.1) is 5.66 Å². The Balaban J connectivity index is 1.76. The predicted molar refractivity (Wildman–Crippen MR) is 45.7 cm³/mol. The van der Waals surface area contributed by atoms with Gasteiger partial charge in [0.2, 0.25) is 0 Å².